The Hall–Kier alpha value is -1.51. The molecule has 0 aliphatic heterocycles. The molecule has 1 aliphatic rings. The lowest BCUT2D eigenvalue weighted by Gasteiger charge is -2.11. The fourth-order valence-corrected chi connectivity index (χ4v) is 2.75. The zero-order valence-corrected chi connectivity index (χ0v) is 11.5. The second kappa shape index (κ2) is 3.74. The van der Waals surface area contributed by atoms with E-state index in [2.05, 4.69) is 26.0 Å². The Labute approximate surface area is 107 Å². The van der Waals surface area contributed by atoms with Crippen molar-refractivity contribution in [2.45, 2.75) is 38.5 Å². The van der Waals surface area contributed by atoms with E-state index in [1.165, 1.54) is 24.0 Å². The number of nitrogens with zero attached hydrogens (tertiary/aromatic N) is 2. The van der Waals surface area contributed by atoms with Gasteiger partial charge in [0.1, 0.15) is 0 Å². The van der Waals surface area contributed by atoms with Gasteiger partial charge >= 0.3 is 5.69 Å². The van der Waals surface area contributed by atoms with E-state index in [0.717, 1.165) is 11.0 Å². The Kier molecular flexibility index (Phi) is 2.40. The summed E-state index contributed by atoms with van der Waals surface area (Å²) in [4.78, 5) is 12.1. The fourth-order valence-electron chi connectivity index (χ4n) is 2.75. The van der Waals surface area contributed by atoms with Crippen LogP contribution in [0.1, 0.15) is 49.7 Å². The van der Waals surface area contributed by atoms with Gasteiger partial charge in [-0.25, -0.2) is 4.79 Å². The molecule has 96 valence electrons. The minimum atomic E-state index is 0.0767. The van der Waals surface area contributed by atoms with Gasteiger partial charge in [0.05, 0.1) is 11.0 Å². The second-order valence-electron chi connectivity index (χ2n) is 5.81. The zero-order valence-electron chi connectivity index (χ0n) is 11.5. The summed E-state index contributed by atoms with van der Waals surface area (Å²) >= 11 is 0. The predicted molar refractivity (Wildman–Crippen MR) is 74.2 cm³/mol. The molecule has 3 rings (SSSR count). The van der Waals surface area contributed by atoms with Crippen molar-refractivity contribution in [1.82, 2.24) is 9.13 Å². The van der Waals surface area contributed by atoms with Crippen LogP contribution in [0.4, 0.5) is 0 Å². The molecule has 1 aromatic carbocycles. The molecule has 2 aromatic rings. The normalized spacial score (nSPS) is 15.8. The molecule has 18 heavy (non-hydrogen) atoms. The molecule has 0 spiro atoms. The Morgan fingerprint density at radius 3 is 2.39 bits per heavy atom. The number of aromatic nitrogens is 2. The van der Waals surface area contributed by atoms with Crippen LogP contribution >= 0.6 is 0 Å². The summed E-state index contributed by atoms with van der Waals surface area (Å²) in [6.07, 6.45) is 2.53. The van der Waals surface area contributed by atoms with Gasteiger partial charge < -0.3 is 0 Å². The molecule has 3 heteroatoms. The van der Waals surface area contributed by atoms with Crippen LogP contribution in [0.5, 0.6) is 0 Å². The van der Waals surface area contributed by atoms with Crippen LogP contribution in [-0.4, -0.2) is 9.13 Å². The topological polar surface area (TPSA) is 26.9 Å². The summed E-state index contributed by atoms with van der Waals surface area (Å²) in [5.74, 6) is 1.17. The van der Waals surface area contributed by atoms with Crippen molar-refractivity contribution in [3.63, 3.8) is 0 Å². The molecule has 1 heterocycles. The van der Waals surface area contributed by atoms with Crippen molar-refractivity contribution in [2.75, 3.05) is 0 Å². The van der Waals surface area contributed by atoms with Gasteiger partial charge in [-0.05, 0) is 41.9 Å². The van der Waals surface area contributed by atoms with Crippen molar-refractivity contribution >= 4 is 11.0 Å². The Balaban J connectivity index is 2.41. The SMILES string of the molecule is CC(C)c1cc(C2CC2)c2c(c1)n(C)c(=O)n2C. The Bertz CT molecular complexity index is 672. The third kappa shape index (κ3) is 1.53. The summed E-state index contributed by atoms with van der Waals surface area (Å²) in [5, 5.41) is 0. The average Bonchev–Trinajstić information content (AvgIpc) is 3.15. The molecule has 1 saturated carbocycles. The summed E-state index contributed by atoms with van der Waals surface area (Å²) < 4.78 is 3.57. The lowest BCUT2D eigenvalue weighted by atomic mass is 9.97. The van der Waals surface area contributed by atoms with Crippen LogP contribution in [-0.2, 0) is 14.1 Å². The minimum absolute atomic E-state index is 0.0767. The number of hydrogen-bond acceptors (Lipinski definition) is 1. The highest BCUT2D eigenvalue weighted by Crippen LogP contribution is 2.43. The number of benzene rings is 1. The highest BCUT2D eigenvalue weighted by molar-refractivity contribution is 5.82. The van der Waals surface area contributed by atoms with Crippen LogP contribution in [0.25, 0.3) is 11.0 Å². The quantitative estimate of drug-likeness (QED) is 0.798. The smallest absolute Gasteiger partial charge is 0.295 e. The van der Waals surface area contributed by atoms with Crippen molar-refractivity contribution in [3.05, 3.63) is 33.7 Å². The molecule has 0 N–H and O–H groups in total. The van der Waals surface area contributed by atoms with Crippen molar-refractivity contribution < 1.29 is 0 Å². The average molecular weight is 244 g/mol. The monoisotopic (exact) mass is 244 g/mol. The van der Waals surface area contributed by atoms with E-state index >= 15 is 0 Å². The van der Waals surface area contributed by atoms with Gasteiger partial charge in [0.15, 0.2) is 0 Å². The third-order valence-electron chi connectivity index (χ3n) is 4.10. The van der Waals surface area contributed by atoms with Gasteiger partial charge in [-0.1, -0.05) is 19.9 Å². The Morgan fingerprint density at radius 2 is 1.83 bits per heavy atom. The van der Waals surface area contributed by atoms with Gasteiger partial charge in [-0.15, -0.1) is 0 Å². The number of rotatable bonds is 2. The molecule has 1 aromatic heterocycles. The first-order chi connectivity index (χ1) is 8.50. The molecule has 0 radical (unpaired) electrons. The molecule has 0 amide bonds. The first-order valence-electron chi connectivity index (χ1n) is 6.70. The highest BCUT2D eigenvalue weighted by atomic mass is 16.1. The Morgan fingerprint density at radius 1 is 1.17 bits per heavy atom. The molecule has 0 unspecified atom stereocenters. The molecule has 1 aliphatic carbocycles. The first kappa shape index (κ1) is 11.6. The number of hydrogen-bond donors (Lipinski definition) is 0. The number of fused-ring (bicyclic) bond motifs is 1. The van der Waals surface area contributed by atoms with Crippen LogP contribution < -0.4 is 5.69 Å². The standard InChI is InChI=1S/C15H20N2O/c1-9(2)11-7-12(10-5-6-10)14-13(8-11)16(3)15(18)17(14)4/h7-10H,5-6H2,1-4H3. The lowest BCUT2D eigenvalue weighted by Crippen LogP contribution is -2.19. The molecular formula is C15H20N2O. The molecule has 0 atom stereocenters. The van der Waals surface area contributed by atoms with Crippen LogP contribution in [0.2, 0.25) is 0 Å². The van der Waals surface area contributed by atoms with Gasteiger partial charge in [0, 0.05) is 14.1 Å². The van der Waals surface area contributed by atoms with Gasteiger partial charge in [0.25, 0.3) is 0 Å². The van der Waals surface area contributed by atoms with Gasteiger partial charge in [-0.2, -0.15) is 0 Å². The third-order valence-corrected chi connectivity index (χ3v) is 4.10. The van der Waals surface area contributed by atoms with Crippen molar-refractivity contribution in [3.8, 4) is 0 Å². The van der Waals surface area contributed by atoms with Crippen LogP contribution in [0, 0.1) is 0 Å². The molecular weight excluding hydrogens is 224 g/mol. The highest BCUT2D eigenvalue weighted by Gasteiger charge is 2.28. The van der Waals surface area contributed by atoms with E-state index < -0.39 is 0 Å². The largest absolute Gasteiger partial charge is 0.328 e. The van der Waals surface area contributed by atoms with Crippen LogP contribution in [0.15, 0.2) is 16.9 Å². The fraction of sp³-hybridized carbons (Fsp3) is 0.533. The molecule has 3 nitrogen and oxygen atoms in total. The van der Waals surface area contributed by atoms with Crippen LogP contribution in [0.3, 0.4) is 0 Å². The van der Waals surface area contributed by atoms with E-state index in [4.69, 9.17) is 0 Å². The molecule has 0 saturated heterocycles. The first-order valence-corrected chi connectivity index (χ1v) is 6.70. The maximum absolute atomic E-state index is 12.1. The zero-order chi connectivity index (χ0) is 13.0. The van der Waals surface area contributed by atoms with Crippen molar-refractivity contribution in [2.24, 2.45) is 14.1 Å². The number of aryl methyl sites for hydroxylation is 2. The second-order valence-corrected chi connectivity index (χ2v) is 5.81. The van der Waals surface area contributed by atoms with E-state index in [0.29, 0.717) is 11.8 Å². The summed E-state index contributed by atoms with van der Waals surface area (Å²) in [5.41, 5.74) is 5.00. The van der Waals surface area contributed by atoms with E-state index in [1.807, 2.05) is 14.1 Å². The van der Waals surface area contributed by atoms with Gasteiger partial charge in [-0.3, -0.25) is 9.13 Å². The maximum Gasteiger partial charge on any atom is 0.328 e. The lowest BCUT2D eigenvalue weighted by molar-refractivity contribution is 0.793. The molecule has 1 fully saturated rings. The minimum Gasteiger partial charge on any atom is -0.295 e. The van der Waals surface area contributed by atoms with E-state index in [-0.39, 0.29) is 5.69 Å². The maximum atomic E-state index is 12.1. The summed E-state index contributed by atoms with van der Waals surface area (Å²) in [6, 6.07) is 4.48. The molecule has 0 bridgehead atoms. The summed E-state index contributed by atoms with van der Waals surface area (Å²) in [7, 11) is 3.75. The van der Waals surface area contributed by atoms with E-state index in [1.54, 1.807) is 9.13 Å². The predicted octanol–water partition coefficient (Wildman–Crippen LogP) is 2.88. The van der Waals surface area contributed by atoms with Crippen molar-refractivity contribution in [1.29, 1.82) is 0 Å². The van der Waals surface area contributed by atoms with Gasteiger partial charge in [0.2, 0.25) is 0 Å². The number of imidazole rings is 1. The van der Waals surface area contributed by atoms with E-state index in [9.17, 15) is 4.79 Å². The summed E-state index contributed by atoms with van der Waals surface area (Å²) in [6.45, 7) is 4.41.